The summed E-state index contributed by atoms with van der Waals surface area (Å²) in [5, 5.41) is 8.18. The molecule has 0 amide bonds. The number of hydrogen-bond acceptors (Lipinski definition) is 2. The second-order valence-electron chi connectivity index (χ2n) is 6.27. The van der Waals surface area contributed by atoms with Crippen molar-refractivity contribution in [3.05, 3.63) is 11.4 Å². The van der Waals surface area contributed by atoms with Crippen LogP contribution in [0.15, 0.2) is 0 Å². The summed E-state index contributed by atoms with van der Waals surface area (Å²) in [6, 6.07) is 0.611. The highest BCUT2D eigenvalue weighted by Crippen LogP contribution is 2.36. The van der Waals surface area contributed by atoms with Crippen molar-refractivity contribution < 1.29 is 0 Å². The molecule has 1 aliphatic rings. The van der Waals surface area contributed by atoms with Crippen molar-refractivity contribution in [2.75, 3.05) is 5.32 Å². The molecular weight excluding hydrogens is 210 g/mol. The smallest absolute Gasteiger partial charge is 0.0827 e. The first kappa shape index (κ1) is 12.5. The zero-order valence-corrected chi connectivity index (χ0v) is 11.8. The summed E-state index contributed by atoms with van der Waals surface area (Å²) >= 11 is 0. The molecule has 3 heteroatoms. The average molecular weight is 235 g/mol. The molecule has 1 aliphatic carbocycles. The Balaban J connectivity index is 2.10. The molecule has 0 saturated heterocycles. The van der Waals surface area contributed by atoms with E-state index >= 15 is 0 Å². The minimum absolute atomic E-state index is 0.486. The SMILES string of the molecule is Cc1nn(C)c(C)c1NC1CCCC(C)(C)C1. The Morgan fingerprint density at radius 1 is 1.35 bits per heavy atom. The Bertz CT molecular complexity index is 404. The highest BCUT2D eigenvalue weighted by Gasteiger charge is 2.28. The Hall–Kier alpha value is -0.990. The zero-order valence-electron chi connectivity index (χ0n) is 11.8. The highest BCUT2D eigenvalue weighted by atomic mass is 15.3. The molecular formula is C14H25N3. The topological polar surface area (TPSA) is 29.9 Å². The minimum Gasteiger partial charge on any atom is -0.379 e. The summed E-state index contributed by atoms with van der Waals surface area (Å²) in [6.45, 7) is 8.98. The molecule has 3 nitrogen and oxygen atoms in total. The van der Waals surface area contributed by atoms with Gasteiger partial charge in [0.05, 0.1) is 17.1 Å². The standard InChI is InChI=1S/C14H25N3/c1-10-13(11(2)17(5)16-10)15-12-7-6-8-14(3,4)9-12/h12,15H,6-9H2,1-5H3. The van der Waals surface area contributed by atoms with E-state index < -0.39 is 0 Å². The molecule has 0 spiro atoms. The number of nitrogens with one attached hydrogen (secondary N) is 1. The van der Waals surface area contributed by atoms with E-state index in [9.17, 15) is 0 Å². The molecule has 1 aromatic heterocycles. The van der Waals surface area contributed by atoms with E-state index in [1.807, 2.05) is 11.7 Å². The van der Waals surface area contributed by atoms with E-state index in [0.29, 0.717) is 11.5 Å². The molecule has 1 atom stereocenters. The Kier molecular flexibility index (Phi) is 3.19. The van der Waals surface area contributed by atoms with Crippen LogP contribution in [0.25, 0.3) is 0 Å². The summed E-state index contributed by atoms with van der Waals surface area (Å²) < 4.78 is 1.96. The number of aryl methyl sites for hydroxylation is 2. The zero-order chi connectivity index (χ0) is 12.6. The van der Waals surface area contributed by atoms with Gasteiger partial charge in [-0.3, -0.25) is 4.68 Å². The molecule has 96 valence electrons. The molecule has 1 saturated carbocycles. The monoisotopic (exact) mass is 235 g/mol. The molecule has 0 aliphatic heterocycles. The van der Waals surface area contributed by atoms with Crippen molar-refractivity contribution in [2.24, 2.45) is 12.5 Å². The van der Waals surface area contributed by atoms with Gasteiger partial charge in [0.25, 0.3) is 0 Å². The van der Waals surface area contributed by atoms with Crippen molar-refractivity contribution in [3.8, 4) is 0 Å². The predicted molar refractivity (Wildman–Crippen MR) is 72.3 cm³/mol. The fourth-order valence-corrected chi connectivity index (χ4v) is 3.01. The van der Waals surface area contributed by atoms with E-state index in [4.69, 9.17) is 0 Å². The van der Waals surface area contributed by atoms with E-state index in [0.717, 1.165) is 5.69 Å². The molecule has 1 fully saturated rings. The van der Waals surface area contributed by atoms with Crippen molar-refractivity contribution in [1.29, 1.82) is 0 Å². The van der Waals surface area contributed by atoms with E-state index in [1.54, 1.807) is 0 Å². The van der Waals surface area contributed by atoms with E-state index in [1.165, 1.54) is 37.1 Å². The second-order valence-corrected chi connectivity index (χ2v) is 6.27. The van der Waals surface area contributed by atoms with Crippen LogP contribution < -0.4 is 5.32 Å². The number of aromatic nitrogens is 2. The molecule has 0 bridgehead atoms. The van der Waals surface area contributed by atoms with Crippen molar-refractivity contribution in [3.63, 3.8) is 0 Å². The summed E-state index contributed by atoms with van der Waals surface area (Å²) in [5.74, 6) is 0. The first-order chi connectivity index (χ1) is 7.89. The van der Waals surface area contributed by atoms with Crippen LogP contribution in [0.3, 0.4) is 0 Å². The number of hydrogen-bond donors (Lipinski definition) is 1. The molecule has 2 rings (SSSR count). The van der Waals surface area contributed by atoms with Gasteiger partial charge in [0.2, 0.25) is 0 Å². The largest absolute Gasteiger partial charge is 0.379 e. The van der Waals surface area contributed by atoms with Gasteiger partial charge in [0.15, 0.2) is 0 Å². The first-order valence-electron chi connectivity index (χ1n) is 6.66. The highest BCUT2D eigenvalue weighted by molar-refractivity contribution is 5.52. The van der Waals surface area contributed by atoms with Crippen LogP contribution in [-0.2, 0) is 7.05 Å². The summed E-state index contributed by atoms with van der Waals surface area (Å²) in [6.07, 6.45) is 5.25. The van der Waals surface area contributed by atoms with E-state index in [2.05, 4.69) is 38.1 Å². The number of anilines is 1. The van der Waals surface area contributed by atoms with Crippen LogP contribution in [0.2, 0.25) is 0 Å². The van der Waals surface area contributed by atoms with Gasteiger partial charge in [-0.25, -0.2) is 0 Å². The quantitative estimate of drug-likeness (QED) is 0.851. The maximum absolute atomic E-state index is 4.47. The normalized spacial score (nSPS) is 23.7. The number of rotatable bonds is 2. The van der Waals surface area contributed by atoms with Gasteiger partial charge in [-0.05, 0) is 38.5 Å². The third kappa shape index (κ3) is 2.64. The molecule has 1 unspecified atom stereocenters. The van der Waals surface area contributed by atoms with Crippen LogP contribution in [0.4, 0.5) is 5.69 Å². The lowest BCUT2D eigenvalue weighted by atomic mass is 9.75. The third-order valence-electron chi connectivity index (χ3n) is 4.06. The predicted octanol–water partition coefficient (Wildman–Crippen LogP) is 3.42. The lowest BCUT2D eigenvalue weighted by Crippen LogP contribution is -2.32. The molecule has 0 aromatic carbocycles. The van der Waals surface area contributed by atoms with Crippen LogP contribution in [0.5, 0.6) is 0 Å². The Labute approximate surface area is 105 Å². The maximum atomic E-state index is 4.47. The molecule has 1 N–H and O–H groups in total. The molecule has 1 heterocycles. The third-order valence-corrected chi connectivity index (χ3v) is 4.06. The average Bonchev–Trinajstić information content (AvgIpc) is 2.44. The van der Waals surface area contributed by atoms with Crippen LogP contribution in [-0.4, -0.2) is 15.8 Å². The lowest BCUT2D eigenvalue weighted by molar-refractivity contribution is 0.229. The van der Waals surface area contributed by atoms with Crippen molar-refractivity contribution >= 4 is 5.69 Å². The molecule has 0 radical (unpaired) electrons. The summed E-state index contributed by atoms with van der Waals surface area (Å²) in [4.78, 5) is 0. The van der Waals surface area contributed by atoms with Gasteiger partial charge in [-0.2, -0.15) is 5.10 Å². The maximum Gasteiger partial charge on any atom is 0.0827 e. The minimum atomic E-state index is 0.486. The first-order valence-corrected chi connectivity index (χ1v) is 6.66. The van der Waals surface area contributed by atoms with Crippen LogP contribution in [0, 0.1) is 19.3 Å². The fraction of sp³-hybridized carbons (Fsp3) is 0.786. The summed E-state index contributed by atoms with van der Waals surface area (Å²) in [5.41, 5.74) is 4.09. The Morgan fingerprint density at radius 2 is 2.06 bits per heavy atom. The van der Waals surface area contributed by atoms with Gasteiger partial charge in [-0.15, -0.1) is 0 Å². The van der Waals surface area contributed by atoms with Gasteiger partial charge in [0.1, 0.15) is 0 Å². The second kappa shape index (κ2) is 4.35. The molecule has 1 aromatic rings. The van der Waals surface area contributed by atoms with E-state index in [-0.39, 0.29) is 0 Å². The van der Waals surface area contributed by atoms with Gasteiger partial charge < -0.3 is 5.32 Å². The fourth-order valence-electron chi connectivity index (χ4n) is 3.01. The van der Waals surface area contributed by atoms with Gasteiger partial charge in [0, 0.05) is 13.1 Å². The lowest BCUT2D eigenvalue weighted by Gasteiger charge is -2.36. The molecule has 17 heavy (non-hydrogen) atoms. The van der Waals surface area contributed by atoms with Crippen molar-refractivity contribution in [2.45, 2.75) is 59.4 Å². The summed E-state index contributed by atoms with van der Waals surface area (Å²) in [7, 11) is 2.01. The van der Waals surface area contributed by atoms with Crippen LogP contribution >= 0.6 is 0 Å². The number of nitrogens with zero attached hydrogens (tertiary/aromatic N) is 2. The Morgan fingerprint density at radius 3 is 2.59 bits per heavy atom. The van der Waals surface area contributed by atoms with Crippen molar-refractivity contribution in [1.82, 2.24) is 9.78 Å². The van der Waals surface area contributed by atoms with Crippen LogP contribution in [0.1, 0.15) is 50.9 Å². The van der Waals surface area contributed by atoms with Gasteiger partial charge >= 0.3 is 0 Å². The van der Waals surface area contributed by atoms with Gasteiger partial charge in [-0.1, -0.05) is 20.3 Å².